The van der Waals surface area contributed by atoms with Crippen molar-refractivity contribution in [1.29, 1.82) is 0 Å². The van der Waals surface area contributed by atoms with Gasteiger partial charge in [0.2, 0.25) is 5.91 Å². The van der Waals surface area contributed by atoms with Gasteiger partial charge < -0.3 is 20.1 Å². The lowest BCUT2D eigenvalue weighted by atomic mass is 9.91. The van der Waals surface area contributed by atoms with Crippen molar-refractivity contribution in [1.82, 2.24) is 15.5 Å². The molecule has 8 nitrogen and oxygen atoms in total. The summed E-state index contributed by atoms with van der Waals surface area (Å²) in [6.07, 6.45) is 5.40. The molecule has 2 aliphatic heterocycles. The first-order chi connectivity index (χ1) is 14.3. The predicted molar refractivity (Wildman–Crippen MR) is 111 cm³/mol. The zero-order valence-electron chi connectivity index (χ0n) is 18.0. The van der Waals surface area contributed by atoms with Crippen molar-refractivity contribution < 1.29 is 23.9 Å². The molecule has 164 valence electrons. The molecule has 1 fully saturated rings. The Balaban J connectivity index is 1.62. The molecule has 2 N–H and O–H groups in total. The molecule has 0 spiro atoms. The minimum atomic E-state index is -1.26. The van der Waals surface area contributed by atoms with E-state index in [2.05, 4.69) is 17.6 Å². The molecule has 30 heavy (non-hydrogen) atoms. The molecule has 2 aliphatic rings. The smallest absolute Gasteiger partial charge is 0.325 e. The summed E-state index contributed by atoms with van der Waals surface area (Å²) in [4.78, 5) is 38.9. The van der Waals surface area contributed by atoms with Gasteiger partial charge in [-0.2, -0.15) is 0 Å². The summed E-state index contributed by atoms with van der Waals surface area (Å²) in [6.45, 7) is 6.32. The largest absolute Gasteiger partial charge is 0.486 e. The minimum Gasteiger partial charge on any atom is -0.486 e. The van der Waals surface area contributed by atoms with Crippen LogP contribution in [0.25, 0.3) is 0 Å². The normalized spacial score (nSPS) is 21.4. The highest BCUT2D eigenvalue weighted by Gasteiger charge is 2.49. The van der Waals surface area contributed by atoms with Gasteiger partial charge >= 0.3 is 6.03 Å². The number of nitrogens with zero attached hydrogens (tertiary/aromatic N) is 1. The van der Waals surface area contributed by atoms with Crippen LogP contribution in [0.1, 0.15) is 58.4 Å². The van der Waals surface area contributed by atoms with Crippen LogP contribution in [-0.2, 0) is 15.1 Å². The van der Waals surface area contributed by atoms with Gasteiger partial charge in [0.15, 0.2) is 11.5 Å². The summed E-state index contributed by atoms with van der Waals surface area (Å²) < 4.78 is 11.1. The third-order valence-electron chi connectivity index (χ3n) is 5.59. The highest BCUT2D eigenvalue weighted by molar-refractivity contribution is 6.09. The number of imide groups is 1. The molecule has 2 heterocycles. The number of nitrogens with one attached hydrogen (secondary N) is 2. The number of urea groups is 1. The number of amides is 4. The van der Waals surface area contributed by atoms with Crippen LogP contribution < -0.4 is 20.1 Å². The first kappa shape index (κ1) is 21.9. The highest BCUT2D eigenvalue weighted by Crippen LogP contribution is 2.36. The topological polar surface area (TPSA) is 97.0 Å². The van der Waals surface area contributed by atoms with E-state index in [1.165, 1.54) is 6.42 Å². The highest BCUT2D eigenvalue weighted by atomic mass is 16.6. The lowest BCUT2D eigenvalue weighted by Crippen LogP contribution is -2.45. The van der Waals surface area contributed by atoms with Crippen molar-refractivity contribution >= 4 is 17.8 Å². The maximum Gasteiger partial charge on any atom is 0.325 e. The Bertz CT molecular complexity index is 812. The van der Waals surface area contributed by atoms with E-state index in [0.29, 0.717) is 30.3 Å². The van der Waals surface area contributed by atoms with Gasteiger partial charge in [-0.15, -0.1) is 0 Å². The Kier molecular flexibility index (Phi) is 6.84. The Morgan fingerprint density at radius 3 is 2.67 bits per heavy atom. The average Bonchev–Trinajstić information content (AvgIpc) is 2.94. The zero-order chi connectivity index (χ0) is 21.7. The number of fused-ring (bicyclic) bond motifs is 1. The summed E-state index contributed by atoms with van der Waals surface area (Å²) in [7, 11) is 0. The molecule has 1 saturated heterocycles. The first-order valence-corrected chi connectivity index (χ1v) is 10.7. The van der Waals surface area contributed by atoms with E-state index in [1.807, 2.05) is 6.92 Å². The SMILES string of the molecule is CCCCCC[C@@H](C)NC(=O)CN1C(=O)N[C@](C)(c2ccc3c(c2)OCCO3)C1=O. The minimum absolute atomic E-state index is 0.000647. The van der Waals surface area contributed by atoms with Gasteiger partial charge in [-0.3, -0.25) is 14.5 Å². The number of benzene rings is 1. The van der Waals surface area contributed by atoms with Crippen LogP contribution >= 0.6 is 0 Å². The van der Waals surface area contributed by atoms with Crippen LogP contribution in [0.15, 0.2) is 18.2 Å². The third-order valence-corrected chi connectivity index (χ3v) is 5.59. The molecule has 1 aromatic carbocycles. The Morgan fingerprint density at radius 2 is 1.93 bits per heavy atom. The fourth-order valence-corrected chi connectivity index (χ4v) is 3.80. The molecule has 0 radical (unpaired) electrons. The molecular weight excluding hydrogens is 386 g/mol. The van der Waals surface area contributed by atoms with E-state index in [-0.39, 0.29) is 18.5 Å². The van der Waals surface area contributed by atoms with E-state index in [4.69, 9.17) is 9.47 Å². The number of hydrogen-bond acceptors (Lipinski definition) is 5. The van der Waals surface area contributed by atoms with E-state index in [9.17, 15) is 14.4 Å². The van der Waals surface area contributed by atoms with Crippen molar-refractivity contribution in [2.45, 2.75) is 64.5 Å². The lowest BCUT2D eigenvalue weighted by Gasteiger charge is -2.25. The zero-order valence-corrected chi connectivity index (χ0v) is 18.0. The number of hydrogen-bond donors (Lipinski definition) is 2. The number of carbonyl (C=O) groups excluding carboxylic acids is 3. The standard InChI is InChI=1S/C22H31N3O5/c1-4-5-6-7-8-15(2)23-19(26)14-25-20(27)22(3,24-21(25)28)16-9-10-17-18(13-16)30-12-11-29-17/h9-10,13,15H,4-8,11-12,14H2,1-3H3,(H,23,26)(H,24,28)/t15-,22-/m1/s1. The summed E-state index contributed by atoms with van der Waals surface area (Å²) in [6, 6.07) is 4.58. The summed E-state index contributed by atoms with van der Waals surface area (Å²) in [5, 5.41) is 5.60. The average molecular weight is 418 g/mol. The Morgan fingerprint density at radius 1 is 1.20 bits per heavy atom. The first-order valence-electron chi connectivity index (χ1n) is 10.7. The molecule has 0 saturated carbocycles. The number of unbranched alkanes of at least 4 members (excludes halogenated alkanes) is 3. The second-order valence-electron chi connectivity index (χ2n) is 8.12. The van der Waals surface area contributed by atoms with Crippen LogP contribution in [0, 0.1) is 0 Å². The predicted octanol–water partition coefficient (Wildman–Crippen LogP) is 2.70. The van der Waals surface area contributed by atoms with Crippen molar-refractivity contribution in [3.8, 4) is 11.5 Å². The molecule has 8 heteroatoms. The van der Waals surface area contributed by atoms with Crippen LogP contribution in [-0.4, -0.2) is 48.5 Å². The van der Waals surface area contributed by atoms with Gasteiger partial charge in [-0.05, 0) is 38.0 Å². The van der Waals surface area contributed by atoms with E-state index >= 15 is 0 Å². The van der Waals surface area contributed by atoms with Crippen molar-refractivity contribution in [3.63, 3.8) is 0 Å². The van der Waals surface area contributed by atoms with Crippen LogP contribution in [0.2, 0.25) is 0 Å². The Hall–Kier alpha value is -2.77. The van der Waals surface area contributed by atoms with E-state index < -0.39 is 17.5 Å². The van der Waals surface area contributed by atoms with Crippen LogP contribution in [0.4, 0.5) is 4.79 Å². The van der Waals surface area contributed by atoms with Crippen LogP contribution in [0.5, 0.6) is 11.5 Å². The van der Waals surface area contributed by atoms with Gasteiger partial charge in [-0.1, -0.05) is 38.7 Å². The van der Waals surface area contributed by atoms with E-state index in [0.717, 1.165) is 30.6 Å². The number of ether oxygens (including phenoxy) is 2. The van der Waals surface area contributed by atoms with Crippen LogP contribution in [0.3, 0.4) is 0 Å². The molecule has 0 bridgehead atoms. The molecule has 0 unspecified atom stereocenters. The molecular formula is C22H31N3O5. The van der Waals surface area contributed by atoms with Gasteiger partial charge in [0.25, 0.3) is 5.91 Å². The second-order valence-corrected chi connectivity index (χ2v) is 8.12. The fourth-order valence-electron chi connectivity index (χ4n) is 3.80. The fraction of sp³-hybridized carbons (Fsp3) is 0.591. The third kappa shape index (κ3) is 4.68. The second kappa shape index (κ2) is 9.36. The molecule has 0 aromatic heterocycles. The van der Waals surface area contributed by atoms with E-state index in [1.54, 1.807) is 25.1 Å². The van der Waals surface area contributed by atoms with Gasteiger partial charge in [0.05, 0.1) is 0 Å². The lowest BCUT2D eigenvalue weighted by molar-refractivity contribution is -0.135. The van der Waals surface area contributed by atoms with Crippen molar-refractivity contribution in [2.75, 3.05) is 19.8 Å². The van der Waals surface area contributed by atoms with Gasteiger partial charge in [0, 0.05) is 6.04 Å². The molecule has 4 amide bonds. The quantitative estimate of drug-likeness (QED) is 0.476. The summed E-state index contributed by atoms with van der Waals surface area (Å²) in [5.74, 6) is 0.340. The maximum atomic E-state index is 13.1. The maximum absolute atomic E-state index is 13.1. The number of rotatable bonds is 9. The van der Waals surface area contributed by atoms with Gasteiger partial charge in [0.1, 0.15) is 25.3 Å². The molecule has 0 aliphatic carbocycles. The summed E-state index contributed by atoms with van der Waals surface area (Å²) in [5.41, 5.74) is -0.684. The summed E-state index contributed by atoms with van der Waals surface area (Å²) >= 11 is 0. The Labute approximate surface area is 177 Å². The molecule has 3 rings (SSSR count). The monoisotopic (exact) mass is 417 g/mol. The molecule has 2 atom stereocenters. The molecule has 1 aromatic rings. The van der Waals surface area contributed by atoms with Crippen molar-refractivity contribution in [2.24, 2.45) is 0 Å². The number of carbonyl (C=O) groups is 3. The van der Waals surface area contributed by atoms with Gasteiger partial charge in [-0.25, -0.2) is 4.79 Å². The van der Waals surface area contributed by atoms with Crippen molar-refractivity contribution in [3.05, 3.63) is 23.8 Å².